The van der Waals surface area contributed by atoms with E-state index in [0.717, 1.165) is 60.7 Å². The van der Waals surface area contributed by atoms with Gasteiger partial charge in [-0.3, -0.25) is 13.3 Å². The monoisotopic (exact) mass is 968 g/mol. The van der Waals surface area contributed by atoms with Gasteiger partial charge in [-0.1, -0.05) is 0 Å². The Bertz CT molecular complexity index is 1890. The Labute approximate surface area is 360 Å². The molecule has 0 aromatic rings. The van der Waals surface area contributed by atoms with Crippen molar-refractivity contribution in [2.45, 2.75) is 25.7 Å². The molecule has 356 valence electrons. The second-order valence-corrected chi connectivity index (χ2v) is 19.2. The van der Waals surface area contributed by atoms with Crippen LogP contribution in [0.25, 0.3) is 0 Å². The SMILES string of the molecule is CS(=O)(=O)[O-].C[N+]1(CCOS(C)(=O)=O)CCCC1.C[N+]1(CCOS(C)(=O)=O)CCCC1.C[NH+]1C=CN=C1.O=C1O[B-]2(OC1=O)OC(=O)C(=O)O2.O=C1O[B-]2(OC1=O)OC(=O)C(=O)O2. The molecule has 1 atom stereocenters. The van der Waals surface area contributed by atoms with Gasteiger partial charge in [0, 0.05) is 31.9 Å². The number of likely N-dealkylation sites (tertiary alicyclic amines) is 2. The molecule has 0 aromatic carbocycles. The van der Waals surface area contributed by atoms with Crippen molar-refractivity contribution in [3.63, 3.8) is 0 Å². The van der Waals surface area contributed by atoms with E-state index in [2.05, 4.69) is 56.3 Å². The first-order chi connectivity index (χ1) is 28.8. The van der Waals surface area contributed by atoms with Gasteiger partial charge in [0.1, 0.15) is 32.5 Å². The largest absolute Gasteiger partial charge is 0.786 e. The number of hydrogen-bond acceptors (Lipinski definition) is 26. The number of carbonyl (C=O) groups is 8. The zero-order valence-electron chi connectivity index (χ0n) is 34.6. The van der Waals surface area contributed by atoms with Crippen LogP contribution in [0.2, 0.25) is 0 Å². The lowest BCUT2D eigenvalue weighted by atomic mass is 10.1. The number of hydrogen-bond donors (Lipinski definition) is 1. The maximum atomic E-state index is 10.7. The molecule has 6 saturated heterocycles. The van der Waals surface area contributed by atoms with Gasteiger partial charge >= 0.3 is 61.7 Å². The Hall–Kier alpha value is -5.09. The summed E-state index contributed by atoms with van der Waals surface area (Å²) < 4.78 is 114. The number of quaternary nitrogens is 3. The fourth-order valence-corrected chi connectivity index (χ4v) is 6.30. The van der Waals surface area contributed by atoms with Crippen LogP contribution in [-0.4, -0.2) is 199 Å². The Morgan fingerprint density at radius 1 is 0.571 bits per heavy atom. The Morgan fingerprint density at radius 3 is 0.968 bits per heavy atom. The lowest BCUT2D eigenvalue weighted by molar-refractivity contribution is -0.897. The molecule has 1 unspecified atom stereocenters. The standard InChI is InChI=1S/2C8H18NO3S.2C4BO8.C4H6N2.CH4O3S/c2*1-9(5-3-4-6-9)7-8-12-13(2,10)11;2*6-1-2(7)11-5(10-1)12-3(8)4(9)13-5;1-6-3-2-5-4-6;1-5(2,3)4/h2*3-8H2,1-2H3;;;2-4H,1H3;1H3,(H,2,3,4)/q2*+1;2*-1;;. The summed E-state index contributed by atoms with van der Waals surface area (Å²) in [5.74, 6) is -11.0. The zero-order valence-corrected chi connectivity index (χ0v) is 37.1. The minimum absolute atomic E-state index is 0.315. The number of aliphatic imine (C=N–C) groups is 1. The predicted octanol–water partition coefficient (Wildman–Crippen LogP) is -6.17. The van der Waals surface area contributed by atoms with Crippen molar-refractivity contribution in [3.05, 3.63) is 12.4 Å². The van der Waals surface area contributed by atoms with Crippen LogP contribution in [0.5, 0.6) is 0 Å². The van der Waals surface area contributed by atoms with Crippen LogP contribution in [-0.2, 0) is 114 Å². The highest BCUT2D eigenvalue weighted by molar-refractivity contribution is 7.86. The first kappa shape index (κ1) is 54.0. The zero-order chi connectivity index (χ0) is 48.1. The average Bonchev–Trinajstić information content (AvgIpc) is 4.00. The van der Waals surface area contributed by atoms with Crippen LogP contribution in [0.15, 0.2) is 17.4 Å². The molecule has 2 spiro atoms. The normalized spacial score (nSPS) is 22.7. The average molecular weight is 969 g/mol. The van der Waals surface area contributed by atoms with Gasteiger partial charge in [0.25, 0.3) is 20.2 Å². The first-order valence-corrected chi connectivity index (χ1v) is 23.6. The van der Waals surface area contributed by atoms with E-state index >= 15 is 0 Å². The third kappa shape index (κ3) is 20.3. The first-order valence-electron chi connectivity index (χ1n) is 18.2. The van der Waals surface area contributed by atoms with Crippen LogP contribution in [0, 0.1) is 0 Å². The second-order valence-electron chi connectivity index (χ2n) is 14.5. The van der Waals surface area contributed by atoms with Gasteiger partial charge in [0.2, 0.25) is 0 Å². The number of nitrogens with one attached hydrogen (secondary N) is 1. The van der Waals surface area contributed by atoms with E-state index in [-0.39, 0.29) is 0 Å². The van der Waals surface area contributed by atoms with Crippen molar-refractivity contribution < 1.29 is 128 Å². The summed E-state index contributed by atoms with van der Waals surface area (Å²) in [5, 5.41) is 0. The molecule has 7 aliphatic heterocycles. The van der Waals surface area contributed by atoms with E-state index in [1.807, 2.05) is 19.6 Å². The van der Waals surface area contributed by atoms with Crippen molar-refractivity contribution in [2.75, 3.05) is 92.4 Å². The number of rotatable bonds is 8. The molecule has 34 heteroatoms. The Kier molecular flexibility index (Phi) is 18.9. The van der Waals surface area contributed by atoms with E-state index in [1.54, 1.807) is 6.20 Å². The molecule has 0 radical (unpaired) electrons. The Balaban J connectivity index is 0.000000268. The molecule has 63 heavy (non-hydrogen) atoms. The lowest BCUT2D eigenvalue weighted by Gasteiger charge is -2.28. The summed E-state index contributed by atoms with van der Waals surface area (Å²) in [5.41, 5.74) is 0. The molecule has 6 fully saturated rings. The van der Waals surface area contributed by atoms with Gasteiger partial charge < -0.3 is 50.8 Å². The lowest BCUT2D eigenvalue weighted by Crippen LogP contribution is -3.01. The fourth-order valence-electron chi connectivity index (χ4n) is 5.55. The molecular weight excluding hydrogens is 922 g/mol. The second kappa shape index (κ2) is 22.0. The van der Waals surface area contributed by atoms with E-state index in [9.17, 15) is 55.2 Å². The minimum atomic E-state index is -3.92. The summed E-state index contributed by atoms with van der Waals surface area (Å²) in [6.07, 6.45) is 13.4. The molecule has 0 aliphatic carbocycles. The van der Waals surface area contributed by atoms with Crippen LogP contribution >= 0.6 is 0 Å². The van der Waals surface area contributed by atoms with Crippen molar-refractivity contribution in [3.8, 4) is 0 Å². The van der Waals surface area contributed by atoms with Gasteiger partial charge in [-0.2, -0.15) is 16.8 Å². The molecular formula is C29H46B2N4O25S3. The van der Waals surface area contributed by atoms with Crippen LogP contribution in [0.1, 0.15) is 25.7 Å². The van der Waals surface area contributed by atoms with Crippen LogP contribution in [0.3, 0.4) is 0 Å². The summed E-state index contributed by atoms with van der Waals surface area (Å²) >= 11 is 0. The highest BCUT2D eigenvalue weighted by atomic mass is 32.2. The van der Waals surface area contributed by atoms with Crippen molar-refractivity contribution in [2.24, 2.45) is 4.99 Å². The summed E-state index contributed by atoms with van der Waals surface area (Å²) in [7, 11) is -4.10. The van der Waals surface area contributed by atoms with Crippen molar-refractivity contribution in [1.82, 2.24) is 0 Å². The summed E-state index contributed by atoms with van der Waals surface area (Å²) in [6.45, 7) is 0.218. The highest BCUT2D eigenvalue weighted by Crippen LogP contribution is 2.25. The highest BCUT2D eigenvalue weighted by Gasteiger charge is 2.61. The predicted molar refractivity (Wildman–Crippen MR) is 202 cm³/mol. The van der Waals surface area contributed by atoms with Crippen molar-refractivity contribution >= 4 is 98.4 Å². The van der Waals surface area contributed by atoms with E-state index < -0.39 is 92.0 Å². The summed E-state index contributed by atoms with van der Waals surface area (Å²) in [4.78, 5) is 88.9. The van der Waals surface area contributed by atoms with Gasteiger partial charge in [-0.25, -0.2) is 51.8 Å². The van der Waals surface area contributed by atoms with Gasteiger partial charge in [-0.15, -0.1) is 0 Å². The minimum Gasteiger partial charge on any atom is -0.748 e. The number of likely N-dealkylation sites (N-methyl/N-ethyl adjacent to an activating group) is 2. The van der Waals surface area contributed by atoms with E-state index in [1.165, 1.54) is 30.6 Å². The van der Waals surface area contributed by atoms with E-state index in [0.29, 0.717) is 19.5 Å². The third-order valence-corrected chi connectivity index (χ3v) is 9.72. The van der Waals surface area contributed by atoms with Crippen LogP contribution in [0.4, 0.5) is 0 Å². The van der Waals surface area contributed by atoms with Gasteiger partial charge in [0.05, 0.1) is 76.2 Å². The van der Waals surface area contributed by atoms with Crippen LogP contribution < -0.4 is 4.90 Å². The molecule has 7 heterocycles. The molecule has 0 aromatic heterocycles. The molecule has 0 amide bonds. The van der Waals surface area contributed by atoms with Crippen molar-refractivity contribution in [1.29, 1.82) is 0 Å². The fraction of sp³-hybridized carbons (Fsp3) is 0.621. The topological polar surface area (TPSA) is 371 Å². The molecule has 0 saturated carbocycles. The Morgan fingerprint density at radius 2 is 0.810 bits per heavy atom. The third-order valence-electron chi connectivity index (χ3n) is 8.53. The molecule has 0 bridgehead atoms. The summed E-state index contributed by atoms with van der Waals surface area (Å²) in [6, 6.07) is 0. The quantitative estimate of drug-likeness (QED) is 0.0777. The molecule has 29 nitrogen and oxygen atoms in total. The van der Waals surface area contributed by atoms with Gasteiger partial charge in [-0.05, 0) is 0 Å². The number of nitrogens with zero attached hydrogens (tertiary/aromatic N) is 3. The maximum Gasteiger partial charge on any atom is 0.786 e. The molecule has 7 aliphatic rings. The molecule has 1 N–H and O–H groups in total. The van der Waals surface area contributed by atoms with E-state index in [4.69, 9.17) is 21.3 Å². The smallest absolute Gasteiger partial charge is 0.748 e. The number of carbonyl (C=O) groups excluding carboxylic acids is 8. The maximum absolute atomic E-state index is 10.7. The molecule has 7 rings (SSSR count). The van der Waals surface area contributed by atoms with Gasteiger partial charge in [0.15, 0.2) is 6.34 Å².